The maximum absolute atomic E-state index is 13.7. The lowest BCUT2D eigenvalue weighted by molar-refractivity contribution is -0.116. The predicted octanol–water partition coefficient (Wildman–Crippen LogP) is 2.91. The van der Waals surface area contributed by atoms with Gasteiger partial charge < -0.3 is 10.1 Å². The SMILES string of the molecule is O=C(CC[C@H]1CCCO1)Nc1cnn(-c2ccccc2F)c1. The van der Waals surface area contributed by atoms with Crippen LogP contribution in [0.1, 0.15) is 25.7 Å². The number of hydrogen-bond acceptors (Lipinski definition) is 3. The average molecular weight is 303 g/mol. The highest BCUT2D eigenvalue weighted by Crippen LogP contribution is 2.18. The molecule has 6 heteroatoms. The number of rotatable bonds is 5. The monoisotopic (exact) mass is 303 g/mol. The standard InChI is InChI=1S/C16H18FN3O2/c17-14-5-1-2-6-15(14)20-11-12(10-18-20)19-16(21)8-7-13-4-3-9-22-13/h1-2,5-6,10-11,13H,3-4,7-9H2,(H,19,21)/t13-/m1/s1. The third-order valence-electron chi connectivity index (χ3n) is 3.68. The van der Waals surface area contributed by atoms with Gasteiger partial charge in [0.15, 0.2) is 0 Å². The van der Waals surface area contributed by atoms with Crippen LogP contribution in [0.25, 0.3) is 5.69 Å². The minimum absolute atomic E-state index is 0.0800. The van der Waals surface area contributed by atoms with E-state index in [0.29, 0.717) is 17.8 Å². The van der Waals surface area contributed by atoms with Gasteiger partial charge in [-0.3, -0.25) is 4.79 Å². The topological polar surface area (TPSA) is 56.1 Å². The van der Waals surface area contributed by atoms with Crippen LogP contribution in [-0.4, -0.2) is 28.4 Å². The molecule has 1 aliphatic rings. The molecular formula is C16H18FN3O2. The summed E-state index contributed by atoms with van der Waals surface area (Å²) in [6.07, 6.45) is 6.55. The van der Waals surface area contributed by atoms with Crippen molar-refractivity contribution in [2.45, 2.75) is 31.8 Å². The van der Waals surface area contributed by atoms with Crippen LogP contribution >= 0.6 is 0 Å². The van der Waals surface area contributed by atoms with E-state index >= 15 is 0 Å². The Kier molecular flexibility index (Phi) is 4.48. The second kappa shape index (κ2) is 6.70. The van der Waals surface area contributed by atoms with Crippen LogP contribution < -0.4 is 5.32 Å². The molecule has 0 unspecified atom stereocenters. The Morgan fingerprint density at radius 1 is 1.45 bits per heavy atom. The van der Waals surface area contributed by atoms with Crippen molar-refractivity contribution in [3.05, 3.63) is 42.5 Å². The molecule has 0 bridgehead atoms. The number of ether oxygens (including phenoxy) is 1. The summed E-state index contributed by atoms with van der Waals surface area (Å²) in [5.41, 5.74) is 0.906. The van der Waals surface area contributed by atoms with E-state index in [-0.39, 0.29) is 17.8 Å². The predicted molar refractivity (Wildman–Crippen MR) is 80.4 cm³/mol. The Bertz CT molecular complexity index is 650. The second-order valence-electron chi connectivity index (χ2n) is 5.35. The molecule has 1 atom stereocenters. The summed E-state index contributed by atoms with van der Waals surface area (Å²) < 4.78 is 20.6. The van der Waals surface area contributed by atoms with Gasteiger partial charge in [0.05, 0.1) is 24.2 Å². The summed E-state index contributed by atoms with van der Waals surface area (Å²) in [6, 6.07) is 6.36. The Labute approximate surface area is 128 Å². The molecule has 0 aliphatic carbocycles. The largest absolute Gasteiger partial charge is 0.378 e. The highest BCUT2D eigenvalue weighted by atomic mass is 19.1. The van der Waals surface area contributed by atoms with Gasteiger partial charge in [0.2, 0.25) is 5.91 Å². The number of halogens is 1. The van der Waals surface area contributed by atoms with E-state index < -0.39 is 0 Å². The van der Waals surface area contributed by atoms with Crippen LogP contribution in [0.3, 0.4) is 0 Å². The van der Waals surface area contributed by atoms with E-state index in [1.165, 1.54) is 16.9 Å². The Morgan fingerprint density at radius 3 is 3.09 bits per heavy atom. The first-order chi connectivity index (χ1) is 10.7. The van der Waals surface area contributed by atoms with Gasteiger partial charge in [-0.25, -0.2) is 9.07 Å². The van der Waals surface area contributed by atoms with Crippen LogP contribution in [0.4, 0.5) is 10.1 Å². The van der Waals surface area contributed by atoms with Crippen molar-refractivity contribution in [1.29, 1.82) is 0 Å². The van der Waals surface area contributed by atoms with Crippen molar-refractivity contribution < 1.29 is 13.9 Å². The minimum atomic E-state index is -0.359. The lowest BCUT2D eigenvalue weighted by Gasteiger charge is -2.08. The van der Waals surface area contributed by atoms with Crippen LogP contribution in [0.5, 0.6) is 0 Å². The number of carbonyl (C=O) groups is 1. The highest BCUT2D eigenvalue weighted by Gasteiger charge is 2.17. The zero-order valence-electron chi connectivity index (χ0n) is 12.2. The summed E-state index contributed by atoms with van der Waals surface area (Å²) >= 11 is 0. The van der Waals surface area contributed by atoms with Crippen LogP contribution in [0, 0.1) is 5.82 Å². The second-order valence-corrected chi connectivity index (χ2v) is 5.35. The summed E-state index contributed by atoms with van der Waals surface area (Å²) in [6.45, 7) is 0.793. The number of anilines is 1. The minimum Gasteiger partial charge on any atom is -0.378 e. The number of aromatic nitrogens is 2. The molecule has 0 saturated carbocycles. The molecular weight excluding hydrogens is 285 g/mol. The molecule has 2 aromatic rings. The normalized spacial score (nSPS) is 17.6. The molecule has 1 aromatic heterocycles. The first-order valence-electron chi connectivity index (χ1n) is 7.43. The van der Waals surface area contributed by atoms with Crippen LogP contribution in [-0.2, 0) is 9.53 Å². The molecule has 3 rings (SSSR count). The Morgan fingerprint density at radius 2 is 2.32 bits per heavy atom. The third-order valence-corrected chi connectivity index (χ3v) is 3.68. The van der Waals surface area contributed by atoms with E-state index in [0.717, 1.165) is 25.9 Å². The van der Waals surface area contributed by atoms with Gasteiger partial charge in [-0.05, 0) is 31.4 Å². The van der Waals surface area contributed by atoms with Crippen molar-refractivity contribution >= 4 is 11.6 Å². The van der Waals surface area contributed by atoms with Gasteiger partial charge >= 0.3 is 0 Å². The van der Waals surface area contributed by atoms with Crippen molar-refractivity contribution in [3.63, 3.8) is 0 Å². The number of amides is 1. The number of carbonyl (C=O) groups excluding carboxylic acids is 1. The number of nitrogens with one attached hydrogen (secondary N) is 1. The fraction of sp³-hybridized carbons (Fsp3) is 0.375. The zero-order valence-corrected chi connectivity index (χ0v) is 12.2. The maximum Gasteiger partial charge on any atom is 0.224 e. The Hall–Kier alpha value is -2.21. The molecule has 22 heavy (non-hydrogen) atoms. The molecule has 1 aromatic carbocycles. The first-order valence-corrected chi connectivity index (χ1v) is 7.43. The van der Waals surface area contributed by atoms with E-state index in [2.05, 4.69) is 10.4 Å². The zero-order chi connectivity index (χ0) is 15.4. The first kappa shape index (κ1) is 14.7. The molecule has 1 fully saturated rings. The number of benzene rings is 1. The van der Waals surface area contributed by atoms with Crippen LogP contribution in [0.15, 0.2) is 36.7 Å². The molecule has 0 radical (unpaired) electrons. The highest BCUT2D eigenvalue weighted by molar-refractivity contribution is 5.90. The van der Waals surface area contributed by atoms with Crippen molar-refractivity contribution in [2.24, 2.45) is 0 Å². The maximum atomic E-state index is 13.7. The van der Waals surface area contributed by atoms with Crippen molar-refractivity contribution in [3.8, 4) is 5.69 Å². The summed E-state index contributed by atoms with van der Waals surface area (Å²) in [4.78, 5) is 11.9. The van der Waals surface area contributed by atoms with Gasteiger partial charge in [-0.1, -0.05) is 12.1 Å². The average Bonchev–Trinajstić information content (AvgIpc) is 3.17. The molecule has 1 N–H and O–H groups in total. The molecule has 2 heterocycles. The van der Waals surface area contributed by atoms with E-state index in [1.807, 2.05) is 0 Å². The molecule has 1 amide bonds. The number of para-hydroxylation sites is 1. The molecule has 5 nitrogen and oxygen atoms in total. The van der Waals surface area contributed by atoms with E-state index in [1.54, 1.807) is 24.4 Å². The van der Waals surface area contributed by atoms with Gasteiger partial charge in [0.1, 0.15) is 11.5 Å². The number of hydrogen-bond donors (Lipinski definition) is 1. The Balaban J connectivity index is 1.57. The quantitative estimate of drug-likeness (QED) is 0.924. The van der Waals surface area contributed by atoms with Gasteiger partial charge in [-0.15, -0.1) is 0 Å². The van der Waals surface area contributed by atoms with Crippen molar-refractivity contribution in [1.82, 2.24) is 9.78 Å². The fourth-order valence-electron chi connectivity index (χ4n) is 2.54. The molecule has 116 valence electrons. The van der Waals surface area contributed by atoms with Gasteiger partial charge in [0, 0.05) is 13.0 Å². The summed E-state index contributed by atoms with van der Waals surface area (Å²) in [5, 5.41) is 6.85. The van der Waals surface area contributed by atoms with E-state index in [9.17, 15) is 9.18 Å². The molecule has 1 saturated heterocycles. The van der Waals surface area contributed by atoms with E-state index in [4.69, 9.17) is 4.74 Å². The molecule has 1 aliphatic heterocycles. The molecule has 0 spiro atoms. The lowest BCUT2D eigenvalue weighted by atomic mass is 10.1. The summed E-state index contributed by atoms with van der Waals surface area (Å²) in [5.74, 6) is -0.439. The van der Waals surface area contributed by atoms with Gasteiger partial charge in [0.25, 0.3) is 0 Å². The lowest BCUT2D eigenvalue weighted by Crippen LogP contribution is -2.14. The van der Waals surface area contributed by atoms with Crippen molar-refractivity contribution in [2.75, 3.05) is 11.9 Å². The third kappa shape index (κ3) is 3.51. The van der Waals surface area contributed by atoms with Crippen LogP contribution in [0.2, 0.25) is 0 Å². The fourth-order valence-corrected chi connectivity index (χ4v) is 2.54. The summed E-state index contributed by atoms with van der Waals surface area (Å²) in [7, 11) is 0. The smallest absolute Gasteiger partial charge is 0.224 e. The number of nitrogens with zero attached hydrogens (tertiary/aromatic N) is 2. The van der Waals surface area contributed by atoms with Gasteiger partial charge in [-0.2, -0.15) is 5.10 Å².